The van der Waals surface area contributed by atoms with E-state index in [0.29, 0.717) is 41.9 Å². The van der Waals surface area contributed by atoms with Crippen LogP contribution in [0.4, 0.5) is 8.78 Å². The highest BCUT2D eigenvalue weighted by Crippen LogP contribution is 2.45. The zero-order chi connectivity index (χ0) is 28.1. The van der Waals surface area contributed by atoms with Gasteiger partial charge in [-0.05, 0) is 148 Å². The number of ether oxygens (including phenoxy) is 1. The quantitative estimate of drug-likeness (QED) is 0.337. The molecule has 0 heterocycles. The van der Waals surface area contributed by atoms with E-state index in [-0.39, 0.29) is 17.7 Å². The molecule has 3 aliphatic rings. The molecule has 0 aromatic heterocycles. The van der Waals surface area contributed by atoms with Gasteiger partial charge in [-0.3, -0.25) is 0 Å². The Labute approximate surface area is 240 Å². The Morgan fingerprint density at radius 1 is 0.800 bits per heavy atom. The van der Waals surface area contributed by atoms with E-state index in [2.05, 4.69) is 19.1 Å². The number of hydrogen-bond acceptors (Lipinski definition) is 2. The smallest absolute Gasteiger partial charge is 0.165 e. The SMILES string of the molecule is CCCC(O)C1CCC(c2ccc(C3=CCC(C4CCC(c5ccc(OCC)c(F)c5)CC4)CC3)c(F)c2)CC1. The van der Waals surface area contributed by atoms with Gasteiger partial charge in [0.15, 0.2) is 11.6 Å². The first-order chi connectivity index (χ1) is 19.5. The molecule has 0 radical (unpaired) electrons. The molecule has 2 unspecified atom stereocenters. The predicted molar refractivity (Wildman–Crippen MR) is 160 cm³/mol. The summed E-state index contributed by atoms with van der Waals surface area (Å²) in [5.74, 6) is 2.65. The fourth-order valence-corrected chi connectivity index (χ4v) is 7.91. The number of aliphatic hydroxyl groups is 1. The average Bonchev–Trinajstić information content (AvgIpc) is 2.99. The van der Waals surface area contributed by atoms with Crippen LogP contribution in [0.5, 0.6) is 5.75 Å². The number of allylic oxidation sites excluding steroid dienone is 2. The second kappa shape index (κ2) is 13.6. The summed E-state index contributed by atoms with van der Waals surface area (Å²) in [6, 6.07) is 11.5. The minimum atomic E-state index is -0.249. The van der Waals surface area contributed by atoms with Gasteiger partial charge in [-0.1, -0.05) is 37.6 Å². The number of benzene rings is 2. The molecule has 2 fully saturated rings. The number of aliphatic hydroxyl groups excluding tert-OH is 1. The Balaban J connectivity index is 1.13. The lowest BCUT2D eigenvalue weighted by molar-refractivity contribution is 0.0730. The monoisotopic (exact) mass is 550 g/mol. The Morgan fingerprint density at radius 3 is 2.02 bits per heavy atom. The van der Waals surface area contributed by atoms with Crippen molar-refractivity contribution in [2.45, 2.75) is 115 Å². The first kappa shape index (κ1) is 29.3. The molecule has 218 valence electrons. The first-order valence-electron chi connectivity index (χ1n) is 16.1. The zero-order valence-electron chi connectivity index (χ0n) is 24.5. The Morgan fingerprint density at radius 2 is 1.45 bits per heavy atom. The van der Waals surface area contributed by atoms with Gasteiger partial charge >= 0.3 is 0 Å². The summed E-state index contributed by atoms with van der Waals surface area (Å²) in [7, 11) is 0. The van der Waals surface area contributed by atoms with Gasteiger partial charge in [-0.2, -0.15) is 0 Å². The fraction of sp³-hybridized carbons (Fsp3) is 0.611. The lowest BCUT2D eigenvalue weighted by atomic mass is 9.70. The van der Waals surface area contributed by atoms with E-state index in [1.807, 2.05) is 19.1 Å². The molecule has 0 saturated heterocycles. The third-order valence-corrected chi connectivity index (χ3v) is 10.3. The van der Waals surface area contributed by atoms with Crippen molar-refractivity contribution in [3.63, 3.8) is 0 Å². The lowest BCUT2D eigenvalue weighted by Gasteiger charge is -2.36. The summed E-state index contributed by atoms with van der Waals surface area (Å²) >= 11 is 0. The lowest BCUT2D eigenvalue weighted by Crippen LogP contribution is -2.25. The van der Waals surface area contributed by atoms with E-state index >= 15 is 4.39 Å². The number of rotatable bonds is 9. The second-order valence-electron chi connectivity index (χ2n) is 12.7. The molecule has 0 spiro atoms. The summed E-state index contributed by atoms with van der Waals surface area (Å²) in [5.41, 5.74) is 4.19. The largest absolute Gasteiger partial charge is 0.491 e. The van der Waals surface area contributed by atoms with Crippen LogP contribution in [0, 0.1) is 29.4 Å². The molecule has 2 saturated carbocycles. The molecule has 5 rings (SSSR count). The second-order valence-corrected chi connectivity index (χ2v) is 12.7. The van der Waals surface area contributed by atoms with Crippen LogP contribution < -0.4 is 4.74 Å². The zero-order valence-corrected chi connectivity index (χ0v) is 24.5. The van der Waals surface area contributed by atoms with Crippen LogP contribution in [0.3, 0.4) is 0 Å². The van der Waals surface area contributed by atoms with Crippen LogP contribution in [0.15, 0.2) is 42.5 Å². The van der Waals surface area contributed by atoms with E-state index in [1.165, 1.54) is 18.4 Å². The molecular formula is C36H48F2O2. The summed E-state index contributed by atoms with van der Waals surface area (Å²) in [6.45, 7) is 4.48. The van der Waals surface area contributed by atoms with E-state index in [1.54, 1.807) is 18.2 Å². The molecule has 0 aliphatic heterocycles. The third kappa shape index (κ3) is 6.81. The third-order valence-electron chi connectivity index (χ3n) is 10.3. The standard InChI is InChI=1S/C36H48F2O2/c1-3-5-35(39)29-16-12-27(13-17-29)30-18-20-32(33(37)22-30)28-14-10-25(11-15-28)24-6-8-26(9-7-24)31-19-21-36(40-4-2)34(38)23-31/h14,18-27,29,35,39H,3-13,15-17H2,1-2H3. The van der Waals surface area contributed by atoms with Gasteiger partial charge in [0.05, 0.1) is 12.7 Å². The minimum absolute atomic E-state index is 0.0709. The van der Waals surface area contributed by atoms with Crippen molar-refractivity contribution in [1.29, 1.82) is 0 Å². The van der Waals surface area contributed by atoms with Gasteiger partial charge < -0.3 is 9.84 Å². The number of hydrogen-bond donors (Lipinski definition) is 1. The van der Waals surface area contributed by atoms with Gasteiger partial charge in [-0.25, -0.2) is 8.78 Å². The maximum atomic E-state index is 15.3. The van der Waals surface area contributed by atoms with Crippen LogP contribution in [0.25, 0.3) is 5.57 Å². The Hall–Kier alpha value is -2.20. The van der Waals surface area contributed by atoms with Crippen molar-refractivity contribution in [2.24, 2.45) is 17.8 Å². The summed E-state index contributed by atoms with van der Waals surface area (Å²) in [4.78, 5) is 0. The van der Waals surface area contributed by atoms with E-state index < -0.39 is 0 Å². The maximum absolute atomic E-state index is 15.3. The molecule has 1 N–H and O–H groups in total. The highest BCUT2D eigenvalue weighted by atomic mass is 19.1. The van der Waals surface area contributed by atoms with Crippen molar-refractivity contribution in [3.8, 4) is 5.75 Å². The Bertz CT molecular complexity index is 1140. The summed E-state index contributed by atoms with van der Waals surface area (Å²) < 4.78 is 35.1. The van der Waals surface area contributed by atoms with Crippen LogP contribution in [-0.4, -0.2) is 17.8 Å². The van der Waals surface area contributed by atoms with Crippen molar-refractivity contribution in [2.75, 3.05) is 6.61 Å². The molecule has 2 atom stereocenters. The first-order valence-corrected chi connectivity index (χ1v) is 16.1. The maximum Gasteiger partial charge on any atom is 0.165 e. The fourth-order valence-electron chi connectivity index (χ4n) is 7.91. The topological polar surface area (TPSA) is 29.5 Å². The van der Waals surface area contributed by atoms with Crippen molar-refractivity contribution >= 4 is 5.57 Å². The van der Waals surface area contributed by atoms with Crippen molar-refractivity contribution < 1.29 is 18.6 Å². The molecule has 3 aliphatic carbocycles. The van der Waals surface area contributed by atoms with Crippen molar-refractivity contribution in [1.82, 2.24) is 0 Å². The molecule has 2 aromatic rings. The van der Waals surface area contributed by atoms with Gasteiger partial charge in [0.25, 0.3) is 0 Å². The van der Waals surface area contributed by atoms with Crippen LogP contribution in [0.2, 0.25) is 0 Å². The van der Waals surface area contributed by atoms with Gasteiger partial charge in [0, 0.05) is 5.56 Å². The minimum Gasteiger partial charge on any atom is -0.491 e. The summed E-state index contributed by atoms with van der Waals surface area (Å²) in [5, 5.41) is 10.4. The average molecular weight is 551 g/mol. The van der Waals surface area contributed by atoms with Gasteiger partial charge in [0.2, 0.25) is 0 Å². The van der Waals surface area contributed by atoms with Gasteiger partial charge in [0.1, 0.15) is 5.82 Å². The number of halogens is 2. The van der Waals surface area contributed by atoms with E-state index in [9.17, 15) is 9.50 Å². The summed E-state index contributed by atoms with van der Waals surface area (Å²) in [6.07, 6.45) is 15.9. The van der Waals surface area contributed by atoms with Crippen LogP contribution in [-0.2, 0) is 0 Å². The highest BCUT2D eigenvalue weighted by molar-refractivity contribution is 5.67. The molecule has 2 nitrogen and oxygen atoms in total. The molecule has 40 heavy (non-hydrogen) atoms. The van der Waals surface area contributed by atoms with Crippen LogP contribution in [0.1, 0.15) is 126 Å². The van der Waals surface area contributed by atoms with Crippen LogP contribution >= 0.6 is 0 Å². The van der Waals surface area contributed by atoms with Gasteiger partial charge in [-0.15, -0.1) is 0 Å². The van der Waals surface area contributed by atoms with Crippen molar-refractivity contribution in [3.05, 3.63) is 70.8 Å². The molecule has 0 bridgehead atoms. The molecular weight excluding hydrogens is 502 g/mol. The molecule has 2 aromatic carbocycles. The molecule has 4 heteroatoms. The highest BCUT2D eigenvalue weighted by Gasteiger charge is 2.31. The normalized spacial score (nSPS) is 28.1. The predicted octanol–water partition coefficient (Wildman–Crippen LogP) is 9.96. The Kier molecular flexibility index (Phi) is 9.99. The van der Waals surface area contributed by atoms with E-state index in [0.717, 1.165) is 87.3 Å². The van der Waals surface area contributed by atoms with E-state index in [4.69, 9.17) is 4.74 Å². The molecule has 0 amide bonds.